The number of benzene rings is 6. The molecule has 0 saturated heterocycles. The number of aromatic nitrogens is 2. The fourth-order valence-electron chi connectivity index (χ4n) is 8.41. The summed E-state index contributed by atoms with van der Waals surface area (Å²) in [5, 5.41) is 5.53. The van der Waals surface area contributed by atoms with Gasteiger partial charge in [0.15, 0.2) is 5.66 Å². The van der Waals surface area contributed by atoms with Gasteiger partial charge in [0.25, 0.3) is 5.91 Å². The van der Waals surface area contributed by atoms with Crippen LogP contribution in [-0.2, 0) is 5.66 Å². The molecule has 1 atom stereocenters. The predicted octanol–water partition coefficient (Wildman–Crippen LogP) is 10.00. The Morgan fingerprint density at radius 2 is 1.30 bits per heavy atom. The van der Waals surface area contributed by atoms with Crippen LogP contribution >= 0.6 is 0 Å². The molecule has 0 saturated carbocycles. The number of rotatable bonds is 5. The molecule has 4 heterocycles. The van der Waals surface area contributed by atoms with Crippen molar-refractivity contribution in [1.29, 1.82) is 0 Å². The van der Waals surface area contributed by atoms with E-state index in [9.17, 15) is 4.79 Å². The molecule has 0 radical (unpaired) electrons. The summed E-state index contributed by atoms with van der Waals surface area (Å²) in [6, 6.07) is 52.6. The Morgan fingerprint density at radius 3 is 2.06 bits per heavy atom. The Kier molecular flexibility index (Phi) is 6.15. The lowest BCUT2D eigenvalue weighted by atomic mass is 9.83. The van der Waals surface area contributed by atoms with Crippen molar-refractivity contribution in [3.8, 4) is 11.1 Å². The summed E-state index contributed by atoms with van der Waals surface area (Å²) in [4.78, 5) is 17.6. The van der Waals surface area contributed by atoms with Crippen LogP contribution in [0.15, 0.2) is 164 Å². The van der Waals surface area contributed by atoms with E-state index in [0.29, 0.717) is 5.56 Å². The van der Waals surface area contributed by atoms with Crippen molar-refractivity contribution in [2.45, 2.75) is 11.6 Å². The van der Waals surface area contributed by atoms with E-state index in [4.69, 9.17) is 0 Å². The summed E-state index contributed by atoms with van der Waals surface area (Å²) < 4.78 is 17.4. The molecule has 238 valence electrons. The summed E-state index contributed by atoms with van der Waals surface area (Å²) in [5.74, 6) is -0.563. The Bertz CT molecular complexity index is 2630. The van der Waals surface area contributed by atoms with Gasteiger partial charge in [-0.2, -0.15) is 0 Å². The number of carbonyl (C=O) groups excluding carboxylic acids is 1. The van der Waals surface area contributed by atoms with E-state index in [1.807, 2.05) is 36.4 Å². The second kappa shape index (κ2) is 10.8. The van der Waals surface area contributed by atoms with Gasteiger partial charge in [0.1, 0.15) is 5.82 Å². The molecule has 8 aromatic rings. The van der Waals surface area contributed by atoms with Crippen molar-refractivity contribution < 1.29 is 9.18 Å². The van der Waals surface area contributed by atoms with Crippen LogP contribution in [-0.4, -0.2) is 15.5 Å². The van der Waals surface area contributed by atoms with E-state index in [-0.39, 0.29) is 17.6 Å². The van der Waals surface area contributed by atoms with Crippen molar-refractivity contribution in [2.75, 3.05) is 0 Å². The van der Waals surface area contributed by atoms with Crippen molar-refractivity contribution in [2.24, 2.45) is 0 Å². The lowest BCUT2D eigenvalue weighted by Crippen LogP contribution is -2.42. The number of carbonyl (C=O) groups is 1. The van der Waals surface area contributed by atoms with Gasteiger partial charge in [-0.05, 0) is 53.1 Å². The average Bonchev–Trinajstić information content (AvgIpc) is 3.88. The maximum atomic E-state index is 15.1. The summed E-state index contributed by atoms with van der Waals surface area (Å²) in [5.41, 5.74) is 10.6. The van der Waals surface area contributed by atoms with Crippen molar-refractivity contribution in [1.82, 2.24) is 14.9 Å². The Morgan fingerprint density at radius 1 is 0.640 bits per heavy atom. The van der Waals surface area contributed by atoms with Gasteiger partial charge in [-0.15, -0.1) is 0 Å². The van der Waals surface area contributed by atoms with Gasteiger partial charge in [-0.3, -0.25) is 4.79 Å². The van der Waals surface area contributed by atoms with E-state index in [1.165, 1.54) is 17.2 Å². The lowest BCUT2D eigenvalue weighted by Gasteiger charge is -2.27. The molecule has 1 unspecified atom stereocenters. The SMILES string of the molecule is O=C1NC2(C=C(c3cccc(F)c3)c3c(-c4c(C(c5ccccc5)c5ccccc5)[nH]c5ccccc45)c4ccccc4n32)c2ccccc21. The zero-order valence-electron chi connectivity index (χ0n) is 26.9. The fraction of sp³-hybridized carbons (Fsp3) is 0.0444. The maximum Gasteiger partial charge on any atom is 0.254 e. The molecule has 0 fully saturated rings. The number of hydrogen-bond acceptors (Lipinski definition) is 1. The first-order valence-electron chi connectivity index (χ1n) is 16.9. The molecule has 2 aliphatic heterocycles. The van der Waals surface area contributed by atoms with Crippen LogP contribution in [0, 0.1) is 5.82 Å². The first-order chi connectivity index (χ1) is 24.6. The van der Waals surface area contributed by atoms with Crippen LogP contribution in [0.25, 0.3) is 38.5 Å². The summed E-state index contributed by atoms with van der Waals surface area (Å²) in [6.45, 7) is 0. The van der Waals surface area contributed by atoms with Gasteiger partial charge in [-0.25, -0.2) is 4.39 Å². The smallest absolute Gasteiger partial charge is 0.254 e. The summed E-state index contributed by atoms with van der Waals surface area (Å²) in [7, 11) is 0. The first-order valence-corrected chi connectivity index (χ1v) is 16.9. The molecular weight excluding hydrogens is 618 g/mol. The Labute approximate surface area is 288 Å². The largest absolute Gasteiger partial charge is 0.357 e. The molecule has 2 aromatic heterocycles. The first kappa shape index (κ1) is 28.5. The third kappa shape index (κ3) is 4.01. The number of amides is 1. The highest BCUT2D eigenvalue weighted by Crippen LogP contribution is 2.54. The van der Waals surface area contributed by atoms with Crippen LogP contribution in [0.1, 0.15) is 49.9 Å². The third-order valence-corrected chi connectivity index (χ3v) is 10.4. The molecule has 4 nitrogen and oxygen atoms in total. The van der Waals surface area contributed by atoms with Gasteiger partial charge >= 0.3 is 0 Å². The molecule has 1 amide bonds. The summed E-state index contributed by atoms with van der Waals surface area (Å²) >= 11 is 0. The van der Waals surface area contributed by atoms with Crippen molar-refractivity contribution in [3.63, 3.8) is 0 Å². The number of hydrogen-bond donors (Lipinski definition) is 2. The molecular formula is C45H30FN3O. The molecule has 10 rings (SSSR count). The molecule has 6 aromatic carbocycles. The van der Waals surface area contributed by atoms with Gasteiger partial charge < -0.3 is 14.9 Å². The zero-order chi connectivity index (χ0) is 33.4. The average molecular weight is 648 g/mol. The highest BCUT2D eigenvalue weighted by molar-refractivity contribution is 6.14. The quantitative estimate of drug-likeness (QED) is 0.192. The van der Waals surface area contributed by atoms with Crippen molar-refractivity contribution >= 4 is 33.3 Å². The highest BCUT2D eigenvalue weighted by atomic mass is 19.1. The normalized spacial score (nSPS) is 16.3. The molecule has 5 heteroatoms. The fourth-order valence-corrected chi connectivity index (χ4v) is 8.41. The molecule has 0 bridgehead atoms. The van der Waals surface area contributed by atoms with E-state index in [0.717, 1.165) is 61.0 Å². The number of nitrogens with zero attached hydrogens (tertiary/aromatic N) is 1. The van der Waals surface area contributed by atoms with E-state index in [2.05, 4.69) is 124 Å². The molecule has 1 spiro atoms. The second-order valence-electron chi connectivity index (χ2n) is 13.1. The van der Waals surface area contributed by atoms with Crippen LogP contribution in [0.3, 0.4) is 0 Å². The lowest BCUT2D eigenvalue weighted by molar-refractivity contribution is 0.0937. The predicted molar refractivity (Wildman–Crippen MR) is 198 cm³/mol. The van der Waals surface area contributed by atoms with Crippen molar-refractivity contribution in [3.05, 3.63) is 209 Å². The van der Waals surface area contributed by atoms with E-state index < -0.39 is 5.66 Å². The standard InChI is InChI=1S/C45H30FN3O/c46-31-19-13-18-30(26-31)35-27-45(36-23-10-7-20-32(36)44(50)48-45)49-38-25-12-9-22-34(38)41(43(35)49)40-33-21-8-11-24-37(33)47-42(40)39(28-14-3-1-4-15-28)29-16-5-2-6-17-29/h1-27,39,47H,(H,48,50). The van der Waals surface area contributed by atoms with Crippen LogP contribution in [0.5, 0.6) is 0 Å². The molecule has 2 aliphatic rings. The number of nitrogens with one attached hydrogen (secondary N) is 2. The number of halogens is 1. The topological polar surface area (TPSA) is 49.8 Å². The number of H-pyrrole nitrogens is 1. The number of para-hydroxylation sites is 2. The monoisotopic (exact) mass is 647 g/mol. The number of fused-ring (bicyclic) bond motifs is 7. The number of aromatic amines is 1. The minimum atomic E-state index is -1.01. The molecule has 50 heavy (non-hydrogen) atoms. The van der Waals surface area contributed by atoms with Gasteiger partial charge in [0, 0.05) is 55.7 Å². The molecule has 2 N–H and O–H groups in total. The Hall–Kier alpha value is -6.46. The minimum Gasteiger partial charge on any atom is -0.357 e. The van der Waals surface area contributed by atoms with E-state index >= 15 is 4.39 Å². The van der Waals surface area contributed by atoms with Crippen LogP contribution in [0.2, 0.25) is 0 Å². The minimum absolute atomic E-state index is 0.113. The van der Waals surface area contributed by atoms with Crippen LogP contribution in [0.4, 0.5) is 4.39 Å². The van der Waals surface area contributed by atoms with Gasteiger partial charge in [0.05, 0.1) is 11.2 Å². The summed E-state index contributed by atoms with van der Waals surface area (Å²) in [6.07, 6.45) is 2.12. The van der Waals surface area contributed by atoms with Gasteiger partial charge in [0.2, 0.25) is 0 Å². The van der Waals surface area contributed by atoms with Gasteiger partial charge in [-0.1, -0.05) is 127 Å². The molecule has 0 aliphatic carbocycles. The van der Waals surface area contributed by atoms with E-state index in [1.54, 1.807) is 12.1 Å². The Balaban J connectivity index is 1.37. The second-order valence-corrected chi connectivity index (χ2v) is 13.1. The third-order valence-electron chi connectivity index (χ3n) is 10.4. The maximum absolute atomic E-state index is 15.1. The van der Waals surface area contributed by atoms with Crippen LogP contribution < -0.4 is 5.32 Å². The zero-order valence-corrected chi connectivity index (χ0v) is 26.9. The highest BCUT2D eigenvalue weighted by Gasteiger charge is 2.50.